The molecule has 0 spiro atoms. The lowest BCUT2D eigenvalue weighted by Crippen LogP contribution is -2.28. The van der Waals surface area contributed by atoms with Crippen molar-refractivity contribution < 1.29 is 9.90 Å². The van der Waals surface area contributed by atoms with Crippen LogP contribution in [0.5, 0.6) is 5.75 Å². The van der Waals surface area contributed by atoms with Crippen molar-refractivity contribution in [2.45, 2.75) is 51.4 Å². The van der Waals surface area contributed by atoms with Crippen LogP contribution in [0.15, 0.2) is 42.5 Å². The first-order chi connectivity index (χ1) is 13.6. The number of phenols is 1. The van der Waals surface area contributed by atoms with Gasteiger partial charge in [0.25, 0.3) is 0 Å². The van der Waals surface area contributed by atoms with Crippen molar-refractivity contribution in [2.75, 3.05) is 5.32 Å². The zero-order valence-electron chi connectivity index (χ0n) is 17.3. The van der Waals surface area contributed by atoms with Gasteiger partial charge < -0.3 is 20.8 Å². The molecule has 1 fully saturated rings. The summed E-state index contributed by atoms with van der Waals surface area (Å²) in [5.41, 5.74) is 4.05. The van der Waals surface area contributed by atoms with Crippen LogP contribution < -0.4 is 5.32 Å². The molecule has 1 aromatic heterocycles. The van der Waals surface area contributed by atoms with Crippen molar-refractivity contribution in [3.8, 4) is 5.75 Å². The van der Waals surface area contributed by atoms with Crippen LogP contribution in [0.1, 0.15) is 57.4 Å². The van der Waals surface area contributed by atoms with Gasteiger partial charge in [-0.25, -0.2) is 0 Å². The molecule has 1 aliphatic rings. The molecule has 1 aliphatic carbocycles. The molecule has 0 radical (unpaired) electrons. The maximum absolute atomic E-state index is 13.1. The number of fused-ring (bicyclic) bond motifs is 1. The van der Waals surface area contributed by atoms with Gasteiger partial charge in [-0.3, -0.25) is 4.79 Å². The number of amides is 1. The molecule has 1 saturated carbocycles. The smallest absolute Gasteiger partial charge is 0.235 e. The fourth-order valence-corrected chi connectivity index (χ4v) is 3.77. The van der Waals surface area contributed by atoms with E-state index in [1.54, 1.807) is 25.1 Å². The van der Waals surface area contributed by atoms with E-state index in [1.165, 1.54) is 0 Å². The van der Waals surface area contributed by atoms with Gasteiger partial charge in [0.2, 0.25) is 5.91 Å². The Morgan fingerprint density at radius 1 is 1.14 bits per heavy atom. The van der Waals surface area contributed by atoms with Crippen molar-refractivity contribution in [1.82, 2.24) is 4.98 Å². The van der Waals surface area contributed by atoms with Gasteiger partial charge in [0.05, 0.1) is 5.41 Å². The van der Waals surface area contributed by atoms with E-state index in [9.17, 15) is 9.90 Å². The van der Waals surface area contributed by atoms with Crippen molar-refractivity contribution in [3.05, 3.63) is 59.3 Å². The van der Waals surface area contributed by atoms with Crippen LogP contribution in [0.4, 0.5) is 5.69 Å². The highest BCUT2D eigenvalue weighted by Crippen LogP contribution is 2.49. The Bertz CT molecular complexity index is 1130. The van der Waals surface area contributed by atoms with E-state index in [-0.39, 0.29) is 22.8 Å². The highest BCUT2D eigenvalue weighted by Gasteiger charge is 2.51. The van der Waals surface area contributed by atoms with Gasteiger partial charge in [-0.15, -0.1) is 0 Å². The van der Waals surface area contributed by atoms with E-state index >= 15 is 0 Å². The number of hydrogen-bond donors (Lipinski definition) is 4. The molecule has 1 heterocycles. The Hall–Kier alpha value is -3.08. The maximum Gasteiger partial charge on any atom is 0.235 e. The minimum absolute atomic E-state index is 0.0318. The number of carbonyl (C=O) groups excluding carboxylic acids is 1. The molecule has 3 aromatic rings. The summed E-state index contributed by atoms with van der Waals surface area (Å²) in [6.07, 6.45) is 1.53. The molecule has 4 N–H and O–H groups in total. The molecule has 0 aliphatic heterocycles. The van der Waals surface area contributed by atoms with Crippen molar-refractivity contribution >= 4 is 28.2 Å². The second-order valence-electron chi connectivity index (χ2n) is 9.13. The average molecular weight is 389 g/mol. The molecular formula is C24H27N3O2. The van der Waals surface area contributed by atoms with Crippen LogP contribution in [0, 0.1) is 5.41 Å². The number of nitrogens with one attached hydrogen (secondary N) is 3. The Morgan fingerprint density at radius 3 is 2.48 bits per heavy atom. The molecule has 0 unspecified atom stereocenters. The number of anilines is 1. The topological polar surface area (TPSA) is 89.0 Å². The molecule has 0 saturated heterocycles. The number of rotatable bonds is 4. The van der Waals surface area contributed by atoms with Crippen LogP contribution in [-0.2, 0) is 15.6 Å². The highest BCUT2D eigenvalue weighted by atomic mass is 16.3. The second kappa shape index (κ2) is 6.48. The first-order valence-electron chi connectivity index (χ1n) is 9.94. The predicted molar refractivity (Wildman–Crippen MR) is 117 cm³/mol. The fraction of sp³-hybridized carbons (Fsp3) is 0.333. The fourth-order valence-electron chi connectivity index (χ4n) is 3.77. The average Bonchev–Trinajstić information content (AvgIpc) is 3.33. The summed E-state index contributed by atoms with van der Waals surface area (Å²) in [4.78, 5) is 16.6. The summed E-state index contributed by atoms with van der Waals surface area (Å²) in [6.45, 7) is 8.13. The van der Waals surface area contributed by atoms with Crippen molar-refractivity contribution in [3.63, 3.8) is 0 Å². The van der Waals surface area contributed by atoms with Gasteiger partial charge in [0, 0.05) is 39.0 Å². The minimum atomic E-state index is -0.582. The van der Waals surface area contributed by atoms with Gasteiger partial charge in [0.15, 0.2) is 0 Å². The van der Waals surface area contributed by atoms with E-state index in [0.717, 1.165) is 40.7 Å². The number of H-pyrrole nitrogens is 1. The van der Waals surface area contributed by atoms with E-state index < -0.39 is 5.41 Å². The Balaban J connectivity index is 1.61. The molecule has 0 atom stereocenters. The Labute approximate surface area is 170 Å². The van der Waals surface area contributed by atoms with E-state index in [0.29, 0.717) is 5.56 Å². The first-order valence-corrected chi connectivity index (χ1v) is 9.94. The van der Waals surface area contributed by atoms with Gasteiger partial charge in [-0.2, -0.15) is 0 Å². The van der Waals surface area contributed by atoms with Gasteiger partial charge >= 0.3 is 0 Å². The molecule has 0 bridgehead atoms. The highest BCUT2D eigenvalue weighted by molar-refractivity contribution is 6.04. The van der Waals surface area contributed by atoms with Crippen LogP contribution in [0.3, 0.4) is 0 Å². The number of aromatic amines is 1. The molecule has 1 amide bonds. The molecule has 5 heteroatoms. The minimum Gasteiger partial charge on any atom is -0.507 e. The monoisotopic (exact) mass is 389 g/mol. The van der Waals surface area contributed by atoms with Gasteiger partial charge in [-0.05, 0) is 61.7 Å². The second-order valence-corrected chi connectivity index (χ2v) is 9.13. The van der Waals surface area contributed by atoms with E-state index in [1.807, 2.05) is 18.2 Å². The number of benzene rings is 2. The summed E-state index contributed by atoms with van der Waals surface area (Å²) >= 11 is 0. The normalized spacial score (nSPS) is 15.3. The molecular weight excluding hydrogens is 362 g/mol. The predicted octanol–water partition coefficient (Wildman–Crippen LogP) is 5.23. The van der Waals surface area contributed by atoms with E-state index in [2.05, 4.69) is 37.1 Å². The molecule has 150 valence electrons. The van der Waals surface area contributed by atoms with Crippen LogP contribution >= 0.6 is 0 Å². The van der Waals surface area contributed by atoms with E-state index in [4.69, 9.17) is 5.41 Å². The lowest BCUT2D eigenvalue weighted by molar-refractivity contribution is -0.118. The number of carbonyl (C=O) groups is 1. The van der Waals surface area contributed by atoms with Crippen LogP contribution in [0.2, 0.25) is 0 Å². The zero-order valence-corrected chi connectivity index (χ0v) is 17.3. The standard InChI is InChI=1S/C24H27N3O2/c1-14(25)18-13-16(5-8-20(18)28)24(9-10-24)22(29)26-17-6-7-19-15(11-17)12-21(27-19)23(2,3)4/h5-8,11-13,25,27-28H,9-10H2,1-4H3,(H,26,29). The molecule has 2 aromatic carbocycles. The van der Waals surface area contributed by atoms with Gasteiger partial charge in [0.1, 0.15) is 5.75 Å². The summed E-state index contributed by atoms with van der Waals surface area (Å²) in [5, 5.41) is 22.0. The summed E-state index contributed by atoms with van der Waals surface area (Å²) in [7, 11) is 0. The lowest BCUT2D eigenvalue weighted by Gasteiger charge is -2.17. The Kier molecular flexibility index (Phi) is 4.30. The number of aromatic hydroxyl groups is 1. The van der Waals surface area contributed by atoms with Crippen molar-refractivity contribution in [2.24, 2.45) is 0 Å². The summed E-state index contributed by atoms with van der Waals surface area (Å²) in [6, 6.07) is 13.2. The van der Waals surface area contributed by atoms with Crippen LogP contribution in [-0.4, -0.2) is 21.7 Å². The largest absolute Gasteiger partial charge is 0.507 e. The van der Waals surface area contributed by atoms with Crippen molar-refractivity contribution in [1.29, 1.82) is 5.41 Å². The first kappa shape index (κ1) is 19.2. The summed E-state index contributed by atoms with van der Waals surface area (Å²) in [5.74, 6) is 0.0349. The number of aromatic nitrogens is 1. The lowest BCUT2D eigenvalue weighted by atomic mass is 9.92. The zero-order chi connectivity index (χ0) is 21.0. The number of hydrogen-bond acceptors (Lipinski definition) is 3. The Morgan fingerprint density at radius 2 is 1.86 bits per heavy atom. The molecule has 4 rings (SSSR count). The molecule has 5 nitrogen and oxygen atoms in total. The summed E-state index contributed by atoms with van der Waals surface area (Å²) < 4.78 is 0. The third-order valence-electron chi connectivity index (χ3n) is 5.82. The quantitative estimate of drug-likeness (QED) is 0.460. The number of phenolic OH excluding ortho intramolecular Hbond substituents is 1. The van der Waals surface area contributed by atoms with Crippen LogP contribution in [0.25, 0.3) is 10.9 Å². The molecule has 29 heavy (non-hydrogen) atoms. The third-order valence-corrected chi connectivity index (χ3v) is 5.82. The maximum atomic E-state index is 13.1. The SMILES string of the molecule is CC(=N)c1cc(C2(C(=O)Nc3ccc4[nH]c(C(C)(C)C)cc4c3)CC2)ccc1O. The van der Waals surface area contributed by atoms with Gasteiger partial charge in [-0.1, -0.05) is 26.8 Å². The third kappa shape index (κ3) is 3.41.